The van der Waals surface area contributed by atoms with Gasteiger partial charge in [0.15, 0.2) is 0 Å². The predicted octanol–water partition coefficient (Wildman–Crippen LogP) is 7.64. The molecule has 0 saturated heterocycles. The van der Waals surface area contributed by atoms with E-state index in [1.165, 1.54) is 43.3 Å². The van der Waals surface area contributed by atoms with E-state index in [9.17, 15) is 5.11 Å². The summed E-state index contributed by atoms with van der Waals surface area (Å²) in [7, 11) is 0. The minimum atomic E-state index is -0.182. The second kappa shape index (κ2) is 9.38. The molecule has 0 spiro atoms. The number of allylic oxidation sites excluding steroid dienone is 6. The zero-order valence-electron chi connectivity index (χ0n) is 19.6. The van der Waals surface area contributed by atoms with Crippen LogP contribution in [-0.4, -0.2) is 11.2 Å². The first kappa shape index (κ1) is 22.6. The van der Waals surface area contributed by atoms with Crippen LogP contribution in [0.15, 0.2) is 47.6 Å². The molecule has 0 unspecified atom stereocenters. The molecule has 0 radical (unpaired) electrons. The van der Waals surface area contributed by atoms with Crippen LogP contribution in [0.5, 0.6) is 0 Å². The maximum Gasteiger partial charge on any atom is 0.0583 e. The Bertz CT molecular complexity index is 678. The van der Waals surface area contributed by atoms with Crippen LogP contribution in [0, 0.1) is 35.0 Å². The summed E-state index contributed by atoms with van der Waals surface area (Å²) in [5, 5.41) is 10.0. The molecule has 1 nitrogen and oxygen atoms in total. The Kier molecular flexibility index (Phi) is 7.31. The summed E-state index contributed by atoms with van der Waals surface area (Å²) in [4.78, 5) is 0. The van der Waals surface area contributed by atoms with E-state index in [1.54, 1.807) is 5.57 Å². The summed E-state index contributed by atoms with van der Waals surface area (Å²) in [6, 6.07) is 0. The van der Waals surface area contributed by atoms with E-state index >= 15 is 0 Å². The van der Waals surface area contributed by atoms with Crippen molar-refractivity contribution < 1.29 is 5.11 Å². The maximum absolute atomic E-state index is 10.0. The molecule has 1 N–H and O–H groups in total. The van der Waals surface area contributed by atoms with E-state index < -0.39 is 0 Å². The molecule has 3 rings (SSSR count). The fourth-order valence-corrected chi connectivity index (χ4v) is 6.25. The molecule has 6 atom stereocenters. The average molecular weight is 397 g/mol. The molecule has 0 aromatic heterocycles. The molecule has 0 amide bonds. The van der Waals surface area contributed by atoms with Gasteiger partial charge in [0.05, 0.1) is 6.10 Å². The number of aliphatic hydroxyl groups is 1. The number of fused-ring (bicyclic) bond motifs is 1. The van der Waals surface area contributed by atoms with Crippen molar-refractivity contribution in [1.82, 2.24) is 0 Å². The number of hydrogen-bond acceptors (Lipinski definition) is 1. The molecule has 3 fully saturated rings. The first-order chi connectivity index (χ1) is 13.7. The van der Waals surface area contributed by atoms with E-state index in [-0.39, 0.29) is 6.10 Å². The highest BCUT2D eigenvalue weighted by atomic mass is 16.3. The average Bonchev–Trinajstić information content (AvgIpc) is 3.04. The summed E-state index contributed by atoms with van der Waals surface area (Å²) >= 11 is 0. The summed E-state index contributed by atoms with van der Waals surface area (Å²) in [5.74, 6) is 3.58. The highest BCUT2D eigenvalue weighted by Crippen LogP contribution is 2.59. The van der Waals surface area contributed by atoms with E-state index in [0.717, 1.165) is 37.0 Å². The maximum atomic E-state index is 10.0. The van der Waals surface area contributed by atoms with Crippen molar-refractivity contribution in [2.75, 3.05) is 0 Å². The van der Waals surface area contributed by atoms with Gasteiger partial charge in [-0.1, -0.05) is 76.6 Å². The van der Waals surface area contributed by atoms with Crippen molar-refractivity contribution in [1.29, 1.82) is 0 Å². The molecule has 3 saturated carbocycles. The SMILES string of the molecule is C=C1CC[C@H](O)C/C1=C/C=C1/CCC[C@]2(C)[C@@H]([C@@H](C)/C=C/[C@H](C)C(C)C)CC[C@@H]12. The van der Waals surface area contributed by atoms with Gasteiger partial charge in [-0.25, -0.2) is 0 Å². The molecule has 0 bridgehead atoms. The number of hydrogen-bond donors (Lipinski definition) is 1. The lowest BCUT2D eigenvalue weighted by atomic mass is 9.61. The zero-order valence-corrected chi connectivity index (χ0v) is 19.6. The summed E-state index contributed by atoms with van der Waals surface area (Å²) in [6.45, 7) is 16.3. The molecule has 0 heterocycles. The van der Waals surface area contributed by atoms with Gasteiger partial charge >= 0.3 is 0 Å². The topological polar surface area (TPSA) is 20.2 Å². The molecule has 162 valence electrons. The van der Waals surface area contributed by atoms with Crippen molar-refractivity contribution >= 4 is 0 Å². The van der Waals surface area contributed by atoms with Crippen LogP contribution in [-0.2, 0) is 0 Å². The summed E-state index contributed by atoms with van der Waals surface area (Å²) in [6.07, 6.45) is 18.8. The van der Waals surface area contributed by atoms with Gasteiger partial charge in [-0.3, -0.25) is 0 Å². The van der Waals surface area contributed by atoms with Gasteiger partial charge in [-0.15, -0.1) is 0 Å². The van der Waals surface area contributed by atoms with Gasteiger partial charge in [0, 0.05) is 0 Å². The monoisotopic (exact) mass is 396 g/mol. The van der Waals surface area contributed by atoms with Gasteiger partial charge in [-0.05, 0) is 91.9 Å². The fraction of sp³-hybridized carbons (Fsp3) is 0.714. The van der Waals surface area contributed by atoms with Crippen LogP contribution in [0.25, 0.3) is 0 Å². The van der Waals surface area contributed by atoms with Crippen molar-refractivity contribution in [3.05, 3.63) is 47.6 Å². The van der Waals surface area contributed by atoms with Crippen molar-refractivity contribution in [3.8, 4) is 0 Å². The largest absolute Gasteiger partial charge is 0.393 e. The van der Waals surface area contributed by atoms with Crippen LogP contribution in [0.4, 0.5) is 0 Å². The molecule has 1 heteroatoms. The summed E-state index contributed by atoms with van der Waals surface area (Å²) in [5.41, 5.74) is 4.61. The highest BCUT2D eigenvalue weighted by molar-refractivity contribution is 5.36. The molecule has 0 aromatic carbocycles. The fourth-order valence-electron chi connectivity index (χ4n) is 6.25. The quantitative estimate of drug-likeness (QED) is 0.473. The lowest BCUT2D eigenvalue weighted by Crippen LogP contribution is -2.35. The van der Waals surface area contributed by atoms with E-state index in [1.807, 2.05) is 0 Å². The smallest absolute Gasteiger partial charge is 0.0583 e. The Balaban J connectivity index is 1.75. The Labute approximate surface area is 180 Å². The van der Waals surface area contributed by atoms with Crippen LogP contribution >= 0.6 is 0 Å². The minimum absolute atomic E-state index is 0.182. The van der Waals surface area contributed by atoms with E-state index in [2.05, 4.69) is 65.5 Å². The Morgan fingerprint density at radius 1 is 1.03 bits per heavy atom. The molecular formula is C28H44O. The Hall–Kier alpha value is -1.08. The number of aliphatic hydroxyl groups excluding tert-OH is 1. The second-order valence-electron chi connectivity index (χ2n) is 10.9. The molecule has 0 aromatic rings. The van der Waals surface area contributed by atoms with Gasteiger partial charge in [0.1, 0.15) is 0 Å². The molecule has 29 heavy (non-hydrogen) atoms. The van der Waals surface area contributed by atoms with Crippen LogP contribution in [0.2, 0.25) is 0 Å². The van der Waals surface area contributed by atoms with Crippen molar-refractivity contribution in [2.24, 2.45) is 35.0 Å². The van der Waals surface area contributed by atoms with Gasteiger partial charge in [0.25, 0.3) is 0 Å². The summed E-state index contributed by atoms with van der Waals surface area (Å²) < 4.78 is 0. The first-order valence-corrected chi connectivity index (χ1v) is 12.2. The molecule has 3 aliphatic rings. The van der Waals surface area contributed by atoms with Gasteiger partial charge in [-0.2, -0.15) is 0 Å². The normalized spacial score (nSPS) is 38.2. The standard InChI is InChI=1S/C28H44O/c1-19(2)20(3)9-10-22(5)26-15-16-27-23(8-7-17-28(26,27)6)12-13-24-18-25(29)14-11-21(24)4/h9-10,12-13,19-20,22,25-27,29H,4,7-8,11,14-18H2,1-3,5-6H3/b10-9+,23-12-,24-13-/t20-,22-,25-,26+,27-,28+/m0/s1. The van der Waals surface area contributed by atoms with Crippen molar-refractivity contribution in [3.63, 3.8) is 0 Å². The number of rotatable bonds is 5. The second-order valence-corrected chi connectivity index (χ2v) is 10.9. The molecular weight excluding hydrogens is 352 g/mol. The minimum Gasteiger partial charge on any atom is -0.393 e. The molecule has 0 aliphatic heterocycles. The third-order valence-electron chi connectivity index (χ3n) is 8.63. The Morgan fingerprint density at radius 2 is 1.79 bits per heavy atom. The van der Waals surface area contributed by atoms with Gasteiger partial charge < -0.3 is 5.11 Å². The van der Waals surface area contributed by atoms with E-state index in [0.29, 0.717) is 17.3 Å². The third kappa shape index (κ3) is 4.98. The van der Waals surface area contributed by atoms with E-state index in [4.69, 9.17) is 0 Å². The predicted molar refractivity (Wildman–Crippen MR) is 126 cm³/mol. The third-order valence-corrected chi connectivity index (χ3v) is 8.63. The first-order valence-electron chi connectivity index (χ1n) is 12.2. The zero-order chi connectivity index (χ0) is 21.2. The van der Waals surface area contributed by atoms with Crippen LogP contribution < -0.4 is 0 Å². The van der Waals surface area contributed by atoms with Crippen molar-refractivity contribution in [2.45, 2.75) is 92.1 Å². The van der Waals surface area contributed by atoms with Crippen LogP contribution in [0.1, 0.15) is 86.0 Å². The molecule has 3 aliphatic carbocycles. The lowest BCUT2D eigenvalue weighted by molar-refractivity contribution is 0.112. The van der Waals surface area contributed by atoms with Crippen LogP contribution in [0.3, 0.4) is 0 Å². The van der Waals surface area contributed by atoms with Gasteiger partial charge in [0.2, 0.25) is 0 Å². The Morgan fingerprint density at radius 3 is 2.52 bits per heavy atom. The highest BCUT2D eigenvalue weighted by Gasteiger charge is 2.50. The lowest BCUT2D eigenvalue weighted by Gasteiger charge is -2.44.